The number of aromatic nitrogens is 3. The van der Waals surface area contributed by atoms with Crippen LogP contribution in [0.1, 0.15) is 23.0 Å². The highest BCUT2D eigenvalue weighted by molar-refractivity contribution is 5.35. The van der Waals surface area contributed by atoms with Crippen molar-refractivity contribution in [1.82, 2.24) is 9.78 Å². The quantitative estimate of drug-likeness (QED) is 0.623. The normalized spacial score (nSPS) is 25.2. The molecular weight excluding hydrogens is 214 g/mol. The minimum Gasteiger partial charge on any atom is -0.363 e. The summed E-state index contributed by atoms with van der Waals surface area (Å²) in [7, 11) is 1.96. The predicted molar refractivity (Wildman–Crippen MR) is 60.3 cm³/mol. The number of fused-ring (bicyclic) bond motifs is 5. The van der Waals surface area contributed by atoms with E-state index in [-0.39, 0.29) is 6.10 Å². The zero-order valence-electron chi connectivity index (χ0n) is 9.71. The van der Waals surface area contributed by atoms with Gasteiger partial charge in [0.25, 0.3) is 0 Å². The Bertz CT molecular complexity index is 590. The van der Waals surface area contributed by atoms with Crippen LogP contribution >= 0.6 is 0 Å². The maximum atomic E-state index is 5.93. The number of nitrogens with zero attached hydrogens (tertiary/aromatic N) is 3. The van der Waals surface area contributed by atoms with Crippen LogP contribution in [0.4, 0.5) is 0 Å². The summed E-state index contributed by atoms with van der Waals surface area (Å²) in [6.07, 6.45) is 3.36. The minimum atomic E-state index is 0.272. The first-order valence-corrected chi connectivity index (χ1v) is 5.96. The Morgan fingerprint density at radius 1 is 1.41 bits per heavy atom. The summed E-state index contributed by atoms with van der Waals surface area (Å²) in [6, 6.07) is 8.92. The SMILES string of the molecule is Cn1c[n+]2c(n1)CO[C@@H]1Cc3ccccc3C12. The molecule has 1 aromatic heterocycles. The van der Waals surface area contributed by atoms with E-state index in [0.29, 0.717) is 12.6 Å². The third kappa shape index (κ3) is 1.21. The van der Waals surface area contributed by atoms with Gasteiger partial charge in [-0.3, -0.25) is 0 Å². The molecular formula is C13H14N3O+. The van der Waals surface area contributed by atoms with E-state index in [4.69, 9.17) is 4.74 Å². The van der Waals surface area contributed by atoms with Gasteiger partial charge in [0.15, 0.2) is 0 Å². The second-order valence-electron chi connectivity index (χ2n) is 4.81. The highest BCUT2D eigenvalue weighted by Gasteiger charge is 2.42. The summed E-state index contributed by atoms with van der Waals surface area (Å²) < 4.78 is 10.1. The molecule has 1 aromatic carbocycles. The fourth-order valence-electron chi connectivity index (χ4n) is 3.04. The largest absolute Gasteiger partial charge is 0.363 e. The van der Waals surface area contributed by atoms with Gasteiger partial charge in [0.2, 0.25) is 6.33 Å². The molecule has 1 unspecified atom stereocenters. The Morgan fingerprint density at radius 3 is 3.24 bits per heavy atom. The number of benzene rings is 1. The number of aryl methyl sites for hydroxylation is 1. The van der Waals surface area contributed by atoms with Gasteiger partial charge in [-0.1, -0.05) is 24.3 Å². The van der Waals surface area contributed by atoms with Gasteiger partial charge in [0.1, 0.15) is 18.8 Å². The van der Waals surface area contributed by atoms with Gasteiger partial charge in [0.05, 0.1) is 7.05 Å². The van der Waals surface area contributed by atoms with Gasteiger partial charge in [0, 0.05) is 11.5 Å². The highest BCUT2D eigenvalue weighted by Crippen LogP contribution is 2.35. The van der Waals surface area contributed by atoms with E-state index in [9.17, 15) is 0 Å². The van der Waals surface area contributed by atoms with E-state index >= 15 is 0 Å². The van der Waals surface area contributed by atoms with E-state index < -0.39 is 0 Å². The van der Waals surface area contributed by atoms with Crippen LogP contribution in [-0.2, 0) is 24.8 Å². The van der Waals surface area contributed by atoms with Crippen molar-refractivity contribution in [3.63, 3.8) is 0 Å². The number of hydrogen-bond donors (Lipinski definition) is 0. The molecule has 1 aliphatic heterocycles. The molecule has 2 aliphatic rings. The van der Waals surface area contributed by atoms with E-state index in [2.05, 4.69) is 40.3 Å². The van der Waals surface area contributed by atoms with Gasteiger partial charge in [-0.05, 0) is 11.1 Å². The van der Waals surface area contributed by atoms with Gasteiger partial charge in [-0.15, -0.1) is 4.68 Å². The molecule has 0 fully saturated rings. The average molecular weight is 228 g/mol. The van der Waals surface area contributed by atoms with Gasteiger partial charge >= 0.3 is 5.82 Å². The monoisotopic (exact) mass is 228 g/mol. The Labute approximate surface area is 99.5 Å². The van der Waals surface area contributed by atoms with Crippen molar-refractivity contribution in [3.8, 4) is 0 Å². The van der Waals surface area contributed by atoms with Crippen molar-refractivity contribution in [2.24, 2.45) is 7.05 Å². The third-order valence-electron chi connectivity index (χ3n) is 3.74. The summed E-state index contributed by atoms with van der Waals surface area (Å²) in [5.74, 6) is 1.02. The lowest BCUT2D eigenvalue weighted by Gasteiger charge is -2.23. The maximum absolute atomic E-state index is 5.93. The van der Waals surface area contributed by atoms with Crippen LogP contribution in [0.2, 0.25) is 0 Å². The first-order valence-electron chi connectivity index (χ1n) is 5.96. The first kappa shape index (κ1) is 9.36. The smallest absolute Gasteiger partial charge is 0.303 e. The Kier molecular flexibility index (Phi) is 1.74. The minimum absolute atomic E-state index is 0.272. The lowest BCUT2D eigenvalue weighted by atomic mass is 10.1. The van der Waals surface area contributed by atoms with Crippen molar-refractivity contribution in [2.75, 3.05) is 0 Å². The van der Waals surface area contributed by atoms with E-state index in [1.54, 1.807) is 0 Å². The molecule has 1 aliphatic carbocycles. The molecule has 0 saturated carbocycles. The molecule has 2 heterocycles. The van der Waals surface area contributed by atoms with Crippen molar-refractivity contribution in [3.05, 3.63) is 47.5 Å². The van der Waals surface area contributed by atoms with Crippen LogP contribution in [0.5, 0.6) is 0 Å². The Balaban J connectivity index is 1.91. The molecule has 0 saturated heterocycles. The molecule has 86 valence electrons. The van der Waals surface area contributed by atoms with E-state index in [1.807, 2.05) is 11.7 Å². The zero-order valence-corrected chi connectivity index (χ0v) is 9.71. The van der Waals surface area contributed by atoms with Crippen molar-refractivity contribution >= 4 is 0 Å². The summed E-state index contributed by atoms with van der Waals surface area (Å²) >= 11 is 0. The van der Waals surface area contributed by atoms with Gasteiger partial charge in [-0.2, -0.15) is 0 Å². The van der Waals surface area contributed by atoms with Crippen molar-refractivity contribution in [2.45, 2.75) is 25.2 Å². The number of rotatable bonds is 0. The van der Waals surface area contributed by atoms with Crippen LogP contribution in [0, 0.1) is 0 Å². The second-order valence-corrected chi connectivity index (χ2v) is 4.81. The van der Waals surface area contributed by atoms with Gasteiger partial charge in [-0.25, -0.2) is 4.57 Å². The molecule has 0 amide bonds. The lowest BCUT2D eigenvalue weighted by molar-refractivity contribution is -0.739. The molecule has 2 atom stereocenters. The Hall–Kier alpha value is -1.68. The van der Waals surface area contributed by atoms with Crippen LogP contribution in [-0.4, -0.2) is 15.9 Å². The highest BCUT2D eigenvalue weighted by atomic mass is 16.5. The van der Waals surface area contributed by atoms with Crippen LogP contribution < -0.4 is 4.57 Å². The fourth-order valence-corrected chi connectivity index (χ4v) is 3.04. The molecule has 17 heavy (non-hydrogen) atoms. The summed E-state index contributed by atoms with van der Waals surface area (Å²) in [5, 5.41) is 4.44. The lowest BCUT2D eigenvalue weighted by Crippen LogP contribution is -2.51. The molecule has 0 spiro atoms. The summed E-state index contributed by atoms with van der Waals surface area (Å²) in [5.41, 5.74) is 2.79. The molecule has 0 N–H and O–H groups in total. The van der Waals surface area contributed by atoms with E-state index in [0.717, 1.165) is 12.2 Å². The van der Waals surface area contributed by atoms with Crippen molar-refractivity contribution in [1.29, 1.82) is 0 Å². The van der Waals surface area contributed by atoms with Crippen LogP contribution in [0.25, 0.3) is 0 Å². The van der Waals surface area contributed by atoms with Crippen LogP contribution in [0.3, 0.4) is 0 Å². The van der Waals surface area contributed by atoms with Crippen molar-refractivity contribution < 1.29 is 9.30 Å². The number of hydrogen-bond acceptors (Lipinski definition) is 2. The molecule has 2 aromatic rings. The molecule has 0 radical (unpaired) electrons. The average Bonchev–Trinajstić information content (AvgIpc) is 2.87. The first-order chi connectivity index (χ1) is 8.33. The summed E-state index contributed by atoms with van der Waals surface area (Å²) in [6.45, 7) is 0.621. The Morgan fingerprint density at radius 2 is 2.29 bits per heavy atom. The summed E-state index contributed by atoms with van der Waals surface area (Å²) in [4.78, 5) is 0. The molecule has 0 bridgehead atoms. The third-order valence-corrected chi connectivity index (χ3v) is 3.74. The van der Waals surface area contributed by atoms with E-state index in [1.165, 1.54) is 11.1 Å². The van der Waals surface area contributed by atoms with Gasteiger partial charge < -0.3 is 4.74 Å². The maximum Gasteiger partial charge on any atom is 0.303 e. The molecule has 4 nitrogen and oxygen atoms in total. The predicted octanol–water partition coefficient (Wildman–Crippen LogP) is 0.752. The zero-order chi connectivity index (χ0) is 11.4. The fraction of sp³-hybridized carbons (Fsp3) is 0.385. The number of ether oxygens (including phenoxy) is 1. The van der Waals surface area contributed by atoms with Crippen LogP contribution in [0.15, 0.2) is 30.6 Å². The topological polar surface area (TPSA) is 30.9 Å². The standard InChI is InChI=1S/C13H14N3O/c1-15-8-16-12(14-15)7-17-11-6-9-4-2-3-5-10(9)13(11)16/h2-5,8,11,13H,6-7H2,1H3/q+1/t11-,13?/m1/s1. The molecule has 4 heteroatoms. The molecule has 4 rings (SSSR count). The second kappa shape index (κ2) is 3.17.